The Morgan fingerprint density at radius 1 is 1.53 bits per heavy atom. The highest BCUT2D eigenvalue weighted by Gasteiger charge is 2.09. The number of ether oxygens (including phenoxy) is 1. The first-order chi connectivity index (χ1) is 8.11. The minimum atomic E-state index is -0.131. The van der Waals surface area contributed by atoms with E-state index in [-0.39, 0.29) is 5.91 Å². The van der Waals surface area contributed by atoms with Crippen molar-refractivity contribution in [3.63, 3.8) is 0 Å². The van der Waals surface area contributed by atoms with Gasteiger partial charge in [-0.05, 0) is 25.5 Å². The molecule has 1 rings (SSSR count). The molecule has 6 heteroatoms. The van der Waals surface area contributed by atoms with E-state index in [1.165, 1.54) is 11.3 Å². The fourth-order valence-corrected chi connectivity index (χ4v) is 1.90. The van der Waals surface area contributed by atoms with Crippen LogP contribution in [0.25, 0.3) is 0 Å². The van der Waals surface area contributed by atoms with Gasteiger partial charge in [0, 0.05) is 13.1 Å². The maximum absolute atomic E-state index is 11.6. The Morgan fingerprint density at radius 3 is 2.88 bits per heavy atom. The molecule has 0 atom stereocenters. The van der Waals surface area contributed by atoms with Gasteiger partial charge in [0.05, 0.1) is 18.9 Å². The molecule has 0 unspecified atom stereocenters. The SMILES string of the molecule is CN(C)CCOCCNC(=O)c1sccc1N. The van der Waals surface area contributed by atoms with Crippen molar-refractivity contribution in [1.82, 2.24) is 10.2 Å². The van der Waals surface area contributed by atoms with E-state index in [0.717, 1.165) is 6.54 Å². The molecule has 0 spiro atoms. The number of amides is 1. The normalized spacial score (nSPS) is 10.8. The molecule has 0 saturated heterocycles. The van der Waals surface area contributed by atoms with Gasteiger partial charge in [-0.3, -0.25) is 4.79 Å². The van der Waals surface area contributed by atoms with Crippen molar-refractivity contribution >= 4 is 22.9 Å². The van der Waals surface area contributed by atoms with Gasteiger partial charge in [-0.1, -0.05) is 0 Å². The highest BCUT2D eigenvalue weighted by atomic mass is 32.1. The van der Waals surface area contributed by atoms with Gasteiger partial charge in [0.1, 0.15) is 4.88 Å². The number of nitrogens with one attached hydrogen (secondary N) is 1. The summed E-state index contributed by atoms with van der Waals surface area (Å²) >= 11 is 1.35. The fourth-order valence-electron chi connectivity index (χ4n) is 1.17. The van der Waals surface area contributed by atoms with Crippen LogP contribution in [0.15, 0.2) is 11.4 Å². The summed E-state index contributed by atoms with van der Waals surface area (Å²) in [5.41, 5.74) is 6.17. The van der Waals surface area contributed by atoms with E-state index in [4.69, 9.17) is 10.5 Å². The Kier molecular flexibility index (Phi) is 5.96. The third-order valence-electron chi connectivity index (χ3n) is 2.12. The van der Waals surface area contributed by atoms with E-state index in [1.807, 2.05) is 19.0 Å². The van der Waals surface area contributed by atoms with E-state index in [1.54, 1.807) is 11.4 Å². The van der Waals surface area contributed by atoms with Gasteiger partial charge in [-0.15, -0.1) is 11.3 Å². The number of rotatable bonds is 7. The molecule has 0 fully saturated rings. The van der Waals surface area contributed by atoms with E-state index < -0.39 is 0 Å². The Balaban J connectivity index is 2.11. The lowest BCUT2D eigenvalue weighted by Gasteiger charge is -2.10. The molecule has 1 heterocycles. The van der Waals surface area contributed by atoms with Crippen LogP contribution in [0.1, 0.15) is 9.67 Å². The molecule has 1 amide bonds. The van der Waals surface area contributed by atoms with Crippen LogP contribution >= 0.6 is 11.3 Å². The third kappa shape index (κ3) is 5.16. The number of hydrogen-bond donors (Lipinski definition) is 2. The van der Waals surface area contributed by atoms with Crippen molar-refractivity contribution in [2.24, 2.45) is 0 Å². The van der Waals surface area contributed by atoms with Crippen LogP contribution in [-0.2, 0) is 4.74 Å². The van der Waals surface area contributed by atoms with Crippen molar-refractivity contribution in [2.75, 3.05) is 46.1 Å². The van der Waals surface area contributed by atoms with Crippen LogP contribution in [0.5, 0.6) is 0 Å². The summed E-state index contributed by atoms with van der Waals surface area (Å²) in [5, 5.41) is 4.57. The van der Waals surface area contributed by atoms with Crippen molar-refractivity contribution in [1.29, 1.82) is 0 Å². The molecule has 1 aromatic rings. The lowest BCUT2D eigenvalue weighted by Crippen LogP contribution is -2.28. The molecular formula is C11H19N3O2S. The standard InChI is InChI=1S/C11H19N3O2S/c1-14(2)5-7-16-6-4-13-11(15)10-9(12)3-8-17-10/h3,8H,4-7,12H2,1-2H3,(H,13,15). The zero-order chi connectivity index (χ0) is 12.7. The number of nitrogen functional groups attached to an aromatic ring is 1. The lowest BCUT2D eigenvalue weighted by atomic mass is 10.4. The molecule has 0 bridgehead atoms. The lowest BCUT2D eigenvalue weighted by molar-refractivity contribution is 0.0904. The number of carbonyl (C=O) groups is 1. The molecule has 0 aliphatic heterocycles. The molecule has 0 aliphatic carbocycles. The van der Waals surface area contributed by atoms with Crippen LogP contribution in [-0.4, -0.2) is 51.2 Å². The zero-order valence-corrected chi connectivity index (χ0v) is 11.0. The van der Waals surface area contributed by atoms with Crippen molar-refractivity contribution in [3.05, 3.63) is 16.3 Å². The second kappa shape index (κ2) is 7.26. The van der Waals surface area contributed by atoms with Gasteiger partial charge in [0.15, 0.2) is 0 Å². The average Bonchev–Trinajstić information content (AvgIpc) is 2.69. The minimum Gasteiger partial charge on any atom is -0.397 e. The van der Waals surface area contributed by atoms with E-state index >= 15 is 0 Å². The van der Waals surface area contributed by atoms with Gasteiger partial charge < -0.3 is 20.7 Å². The molecule has 0 aromatic carbocycles. The number of nitrogens with zero attached hydrogens (tertiary/aromatic N) is 1. The Bertz CT molecular complexity index is 352. The van der Waals surface area contributed by atoms with Crippen LogP contribution in [0.4, 0.5) is 5.69 Å². The summed E-state index contributed by atoms with van der Waals surface area (Å²) in [6.45, 7) is 2.57. The van der Waals surface area contributed by atoms with E-state index in [2.05, 4.69) is 5.32 Å². The van der Waals surface area contributed by atoms with Crippen molar-refractivity contribution in [3.8, 4) is 0 Å². The summed E-state index contributed by atoms with van der Waals surface area (Å²) in [7, 11) is 3.98. The first-order valence-corrected chi connectivity index (χ1v) is 6.33. The smallest absolute Gasteiger partial charge is 0.263 e. The number of anilines is 1. The Hall–Kier alpha value is -1.11. The molecule has 96 valence electrons. The highest BCUT2D eigenvalue weighted by Crippen LogP contribution is 2.17. The molecule has 0 aliphatic rings. The summed E-state index contributed by atoms with van der Waals surface area (Å²) < 4.78 is 5.36. The fraction of sp³-hybridized carbons (Fsp3) is 0.545. The summed E-state index contributed by atoms with van der Waals surface area (Å²) in [6.07, 6.45) is 0. The largest absolute Gasteiger partial charge is 0.397 e. The number of nitrogens with two attached hydrogens (primary N) is 1. The molecule has 5 nitrogen and oxygen atoms in total. The predicted octanol–water partition coefficient (Wildman–Crippen LogP) is 0.638. The van der Waals surface area contributed by atoms with Gasteiger partial charge in [0.2, 0.25) is 0 Å². The third-order valence-corrected chi connectivity index (χ3v) is 3.05. The van der Waals surface area contributed by atoms with E-state index in [0.29, 0.717) is 30.3 Å². The van der Waals surface area contributed by atoms with Crippen molar-refractivity contribution < 1.29 is 9.53 Å². The molecule has 17 heavy (non-hydrogen) atoms. The Labute approximate surface area is 106 Å². The van der Waals surface area contributed by atoms with Crippen LogP contribution in [0.3, 0.4) is 0 Å². The summed E-state index contributed by atoms with van der Waals surface area (Å²) in [5.74, 6) is -0.131. The number of hydrogen-bond acceptors (Lipinski definition) is 5. The second-order valence-corrected chi connectivity index (χ2v) is 4.79. The number of carbonyl (C=O) groups excluding carboxylic acids is 1. The predicted molar refractivity (Wildman–Crippen MR) is 70.4 cm³/mol. The Morgan fingerprint density at radius 2 is 2.29 bits per heavy atom. The summed E-state index contributed by atoms with van der Waals surface area (Å²) in [6, 6.07) is 1.73. The van der Waals surface area contributed by atoms with Gasteiger partial charge in [-0.2, -0.15) is 0 Å². The zero-order valence-electron chi connectivity index (χ0n) is 10.2. The maximum Gasteiger partial charge on any atom is 0.263 e. The van der Waals surface area contributed by atoms with Crippen LogP contribution < -0.4 is 11.1 Å². The molecule has 3 N–H and O–H groups in total. The topological polar surface area (TPSA) is 67.6 Å². The van der Waals surface area contributed by atoms with E-state index in [9.17, 15) is 4.79 Å². The maximum atomic E-state index is 11.6. The second-order valence-electron chi connectivity index (χ2n) is 3.88. The average molecular weight is 257 g/mol. The molecule has 1 aromatic heterocycles. The van der Waals surface area contributed by atoms with Gasteiger partial charge in [-0.25, -0.2) is 0 Å². The first kappa shape index (κ1) is 14.0. The number of likely N-dealkylation sites (N-methyl/N-ethyl adjacent to an activating group) is 1. The first-order valence-electron chi connectivity index (χ1n) is 5.45. The van der Waals surface area contributed by atoms with Crippen LogP contribution in [0.2, 0.25) is 0 Å². The van der Waals surface area contributed by atoms with Gasteiger partial charge in [0.25, 0.3) is 5.91 Å². The molecule has 0 radical (unpaired) electrons. The minimum absolute atomic E-state index is 0.131. The summed E-state index contributed by atoms with van der Waals surface area (Å²) in [4.78, 5) is 14.2. The molecular weight excluding hydrogens is 238 g/mol. The monoisotopic (exact) mass is 257 g/mol. The highest BCUT2D eigenvalue weighted by molar-refractivity contribution is 7.12. The van der Waals surface area contributed by atoms with Crippen LogP contribution in [0, 0.1) is 0 Å². The van der Waals surface area contributed by atoms with Crippen molar-refractivity contribution in [2.45, 2.75) is 0 Å². The number of thiophene rings is 1. The quantitative estimate of drug-likeness (QED) is 0.703. The molecule has 0 saturated carbocycles. The van der Waals surface area contributed by atoms with Gasteiger partial charge >= 0.3 is 0 Å².